The Morgan fingerprint density at radius 1 is 1.38 bits per heavy atom. The second-order valence-electron chi connectivity index (χ2n) is 3.18. The molecule has 13 heavy (non-hydrogen) atoms. The summed E-state index contributed by atoms with van der Waals surface area (Å²) in [5.41, 5.74) is 2.88. The van der Waals surface area contributed by atoms with Gasteiger partial charge in [-0.15, -0.1) is 11.3 Å². The van der Waals surface area contributed by atoms with E-state index in [1.54, 1.807) is 0 Å². The van der Waals surface area contributed by atoms with E-state index in [0.29, 0.717) is 0 Å². The summed E-state index contributed by atoms with van der Waals surface area (Å²) >= 11 is 4.29. The van der Waals surface area contributed by atoms with Crippen LogP contribution in [0.3, 0.4) is 0 Å². The Balaban J connectivity index is 2.88. The molecule has 1 aromatic carbocycles. The van der Waals surface area contributed by atoms with Gasteiger partial charge in [0.05, 0.1) is 0 Å². The highest BCUT2D eigenvalue weighted by atomic mass is 127. The molecule has 0 amide bonds. The van der Waals surface area contributed by atoms with E-state index in [4.69, 9.17) is 0 Å². The fraction of sp³-hybridized carbons (Fsp3) is 0.273. The van der Waals surface area contributed by atoms with Gasteiger partial charge < -0.3 is 0 Å². The zero-order valence-electron chi connectivity index (χ0n) is 7.73. The van der Waals surface area contributed by atoms with E-state index >= 15 is 0 Å². The Morgan fingerprint density at radius 2 is 2.15 bits per heavy atom. The van der Waals surface area contributed by atoms with Crippen molar-refractivity contribution >= 4 is 44.0 Å². The van der Waals surface area contributed by atoms with Crippen LogP contribution in [0.25, 0.3) is 10.1 Å². The molecule has 0 bridgehead atoms. The summed E-state index contributed by atoms with van der Waals surface area (Å²) in [7, 11) is 0. The van der Waals surface area contributed by atoms with Crippen LogP contribution in [-0.4, -0.2) is 0 Å². The van der Waals surface area contributed by atoms with Gasteiger partial charge in [-0.05, 0) is 47.1 Å². The van der Waals surface area contributed by atoms with Crippen LogP contribution in [0.2, 0.25) is 0 Å². The Bertz CT molecular complexity index is 443. The summed E-state index contributed by atoms with van der Waals surface area (Å²) in [5.74, 6) is 0. The molecule has 0 spiro atoms. The lowest BCUT2D eigenvalue weighted by atomic mass is 10.1. The fourth-order valence-corrected chi connectivity index (χ4v) is 3.74. The zero-order valence-corrected chi connectivity index (χ0v) is 10.7. The standard InChI is InChI=1S/C11H11IS/c1-3-8-5-4-7(2)11-10(8)9(12)6-13-11/h4-6H,3H2,1-2H3. The van der Waals surface area contributed by atoms with Gasteiger partial charge in [-0.1, -0.05) is 19.1 Å². The highest BCUT2D eigenvalue weighted by Gasteiger charge is 2.07. The quantitative estimate of drug-likeness (QED) is 0.686. The van der Waals surface area contributed by atoms with Crippen molar-refractivity contribution in [2.45, 2.75) is 20.3 Å². The minimum Gasteiger partial charge on any atom is -0.142 e. The Morgan fingerprint density at radius 3 is 2.85 bits per heavy atom. The van der Waals surface area contributed by atoms with Gasteiger partial charge in [0.2, 0.25) is 0 Å². The second-order valence-corrected chi connectivity index (χ2v) is 5.22. The minimum atomic E-state index is 1.13. The second kappa shape index (κ2) is 3.58. The highest BCUT2D eigenvalue weighted by molar-refractivity contribution is 14.1. The molecule has 0 unspecified atom stereocenters. The Kier molecular flexibility index (Phi) is 2.60. The van der Waals surface area contributed by atoms with Crippen LogP contribution in [0, 0.1) is 10.5 Å². The summed E-state index contributed by atoms with van der Waals surface area (Å²) in [6, 6.07) is 4.49. The third-order valence-corrected chi connectivity index (χ3v) is 4.73. The van der Waals surface area contributed by atoms with Gasteiger partial charge in [0.1, 0.15) is 0 Å². The first-order chi connectivity index (χ1) is 6.24. The molecule has 1 aromatic heterocycles. The van der Waals surface area contributed by atoms with E-state index in [2.05, 4.69) is 54.0 Å². The predicted molar refractivity (Wildman–Crippen MR) is 68.7 cm³/mol. The minimum absolute atomic E-state index is 1.13. The Labute approximate surface area is 96.1 Å². The van der Waals surface area contributed by atoms with Crippen molar-refractivity contribution in [1.29, 1.82) is 0 Å². The normalized spacial score (nSPS) is 11.0. The van der Waals surface area contributed by atoms with Gasteiger partial charge in [-0.2, -0.15) is 0 Å². The molecule has 2 rings (SSSR count). The van der Waals surface area contributed by atoms with Crippen LogP contribution >= 0.6 is 33.9 Å². The zero-order chi connectivity index (χ0) is 9.42. The SMILES string of the molecule is CCc1ccc(C)c2scc(I)c12. The number of fused-ring (bicyclic) bond motifs is 1. The van der Waals surface area contributed by atoms with Gasteiger partial charge in [0.25, 0.3) is 0 Å². The van der Waals surface area contributed by atoms with Gasteiger partial charge in [0.15, 0.2) is 0 Å². The first-order valence-electron chi connectivity index (χ1n) is 4.39. The number of rotatable bonds is 1. The van der Waals surface area contributed by atoms with Crippen molar-refractivity contribution in [2.24, 2.45) is 0 Å². The molecule has 0 atom stereocenters. The Hall–Kier alpha value is -0.0900. The first kappa shape index (κ1) is 9.46. The first-order valence-corrected chi connectivity index (χ1v) is 6.35. The van der Waals surface area contributed by atoms with Crippen LogP contribution in [0.15, 0.2) is 17.5 Å². The highest BCUT2D eigenvalue weighted by Crippen LogP contribution is 2.32. The lowest BCUT2D eigenvalue weighted by Gasteiger charge is -2.02. The molecular weight excluding hydrogens is 291 g/mol. The van der Waals surface area contributed by atoms with E-state index in [1.807, 2.05) is 11.3 Å². The van der Waals surface area contributed by atoms with E-state index in [-0.39, 0.29) is 0 Å². The van der Waals surface area contributed by atoms with Crippen molar-refractivity contribution in [3.8, 4) is 0 Å². The smallest absolute Gasteiger partial charge is 0.0385 e. The maximum absolute atomic E-state index is 2.43. The molecule has 2 aromatic rings. The third kappa shape index (κ3) is 1.50. The number of aryl methyl sites for hydroxylation is 2. The predicted octanol–water partition coefficient (Wildman–Crippen LogP) is 4.38. The number of halogens is 1. The topological polar surface area (TPSA) is 0 Å². The molecule has 0 aliphatic rings. The number of hydrogen-bond acceptors (Lipinski definition) is 1. The van der Waals surface area contributed by atoms with Gasteiger partial charge in [0, 0.05) is 19.0 Å². The van der Waals surface area contributed by atoms with Crippen molar-refractivity contribution in [2.75, 3.05) is 0 Å². The summed E-state index contributed by atoms with van der Waals surface area (Å²) in [6.07, 6.45) is 1.13. The van der Waals surface area contributed by atoms with E-state index in [0.717, 1.165) is 6.42 Å². The summed E-state index contributed by atoms with van der Waals surface area (Å²) < 4.78 is 2.86. The molecule has 0 saturated heterocycles. The van der Waals surface area contributed by atoms with Crippen LogP contribution in [0.1, 0.15) is 18.1 Å². The van der Waals surface area contributed by atoms with Gasteiger partial charge in [-0.3, -0.25) is 0 Å². The van der Waals surface area contributed by atoms with Crippen molar-refractivity contribution in [3.05, 3.63) is 32.2 Å². The molecule has 1 heterocycles. The average molecular weight is 302 g/mol. The fourth-order valence-electron chi connectivity index (χ4n) is 1.61. The van der Waals surface area contributed by atoms with Crippen LogP contribution in [0.4, 0.5) is 0 Å². The summed E-state index contributed by atoms with van der Waals surface area (Å²) in [5, 5.41) is 3.73. The molecule has 0 nitrogen and oxygen atoms in total. The molecule has 0 N–H and O–H groups in total. The average Bonchev–Trinajstić information content (AvgIpc) is 2.51. The number of benzene rings is 1. The molecule has 0 saturated carbocycles. The molecule has 68 valence electrons. The largest absolute Gasteiger partial charge is 0.142 e. The van der Waals surface area contributed by atoms with Gasteiger partial charge in [-0.25, -0.2) is 0 Å². The van der Waals surface area contributed by atoms with Crippen LogP contribution in [-0.2, 0) is 6.42 Å². The third-order valence-electron chi connectivity index (χ3n) is 2.34. The molecule has 0 aliphatic carbocycles. The van der Waals surface area contributed by atoms with Crippen molar-refractivity contribution in [1.82, 2.24) is 0 Å². The molecule has 0 fully saturated rings. The molecule has 0 radical (unpaired) electrons. The number of thiophene rings is 1. The van der Waals surface area contributed by atoms with Crippen LogP contribution in [0.5, 0.6) is 0 Å². The summed E-state index contributed by atoms with van der Waals surface area (Å²) in [4.78, 5) is 0. The summed E-state index contributed by atoms with van der Waals surface area (Å²) in [6.45, 7) is 4.41. The van der Waals surface area contributed by atoms with Gasteiger partial charge >= 0.3 is 0 Å². The van der Waals surface area contributed by atoms with Crippen molar-refractivity contribution in [3.63, 3.8) is 0 Å². The monoisotopic (exact) mass is 302 g/mol. The van der Waals surface area contributed by atoms with Crippen molar-refractivity contribution < 1.29 is 0 Å². The van der Waals surface area contributed by atoms with E-state index in [9.17, 15) is 0 Å². The van der Waals surface area contributed by atoms with E-state index in [1.165, 1.54) is 24.8 Å². The molecule has 2 heteroatoms. The maximum atomic E-state index is 2.43. The lowest BCUT2D eigenvalue weighted by molar-refractivity contribution is 1.16. The maximum Gasteiger partial charge on any atom is 0.0385 e. The molecular formula is C11H11IS. The van der Waals surface area contributed by atoms with E-state index < -0.39 is 0 Å². The lowest BCUT2D eigenvalue weighted by Crippen LogP contribution is -1.83. The van der Waals surface area contributed by atoms with Crippen LogP contribution < -0.4 is 0 Å². The number of hydrogen-bond donors (Lipinski definition) is 0. The molecule has 0 aliphatic heterocycles.